The lowest BCUT2D eigenvalue weighted by atomic mass is 9.47. The van der Waals surface area contributed by atoms with Gasteiger partial charge in [0, 0.05) is 28.1 Å². The predicted molar refractivity (Wildman–Crippen MR) is 92.8 cm³/mol. The summed E-state index contributed by atoms with van der Waals surface area (Å²) in [5.41, 5.74) is -0.703. The lowest BCUT2D eigenvalue weighted by molar-refractivity contribution is -0.141. The molecule has 0 saturated heterocycles. The third kappa shape index (κ3) is 2.28. The highest BCUT2D eigenvalue weighted by Crippen LogP contribution is 2.61. The van der Waals surface area contributed by atoms with Crippen LogP contribution < -0.4 is 0 Å². The van der Waals surface area contributed by atoms with E-state index < -0.39 is 29.2 Å². The molecule has 138 valence electrons. The van der Waals surface area contributed by atoms with Crippen molar-refractivity contribution in [3.05, 3.63) is 22.5 Å². The molecule has 25 heavy (non-hydrogen) atoms. The summed E-state index contributed by atoms with van der Waals surface area (Å²) < 4.78 is 0. The first-order valence-corrected chi connectivity index (χ1v) is 9.08. The van der Waals surface area contributed by atoms with Gasteiger partial charge in [-0.15, -0.1) is 0 Å². The highest BCUT2D eigenvalue weighted by atomic mass is 16.3. The number of ketones is 2. The summed E-state index contributed by atoms with van der Waals surface area (Å²) in [6, 6.07) is 0. The van der Waals surface area contributed by atoms with Crippen LogP contribution in [0, 0.1) is 22.7 Å². The zero-order valence-electron chi connectivity index (χ0n) is 15.6. The van der Waals surface area contributed by atoms with Gasteiger partial charge in [0.1, 0.15) is 11.9 Å². The quantitative estimate of drug-likeness (QED) is 0.500. The van der Waals surface area contributed by atoms with Crippen LogP contribution in [-0.2, 0) is 9.59 Å². The number of rotatable bonds is 1. The standard InChI is InChI=1S/C20H28O5/c1-9(2)10-13(21)11-12(16(24)14(10)22)20(5)8-6-7-19(3,4)18(20)17(25)15(11)23/h9,15,17-18,21,23,25H,6-8H2,1-5H3. The maximum atomic E-state index is 13.0. The van der Waals surface area contributed by atoms with Crippen LogP contribution in [0.4, 0.5) is 0 Å². The highest BCUT2D eigenvalue weighted by molar-refractivity contribution is 6.50. The smallest absolute Gasteiger partial charge is 0.233 e. The molecule has 0 aromatic carbocycles. The van der Waals surface area contributed by atoms with Crippen molar-refractivity contribution in [3.8, 4) is 0 Å². The normalized spacial score (nSPS) is 38.2. The second-order valence-electron chi connectivity index (χ2n) is 9.04. The summed E-state index contributed by atoms with van der Waals surface area (Å²) in [6.45, 7) is 9.40. The molecule has 0 heterocycles. The Kier molecular flexibility index (Phi) is 4.05. The van der Waals surface area contributed by atoms with Gasteiger partial charge in [0.05, 0.1) is 6.10 Å². The van der Waals surface area contributed by atoms with E-state index in [1.807, 2.05) is 20.8 Å². The van der Waals surface area contributed by atoms with Gasteiger partial charge in [-0.05, 0) is 24.2 Å². The molecule has 1 fully saturated rings. The fourth-order valence-electron chi connectivity index (χ4n) is 5.68. The van der Waals surface area contributed by atoms with E-state index in [2.05, 4.69) is 0 Å². The summed E-state index contributed by atoms with van der Waals surface area (Å²) in [4.78, 5) is 25.7. The Morgan fingerprint density at radius 1 is 1.04 bits per heavy atom. The molecule has 3 aliphatic carbocycles. The monoisotopic (exact) mass is 348 g/mol. The van der Waals surface area contributed by atoms with Gasteiger partial charge in [-0.2, -0.15) is 0 Å². The van der Waals surface area contributed by atoms with Gasteiger partial charge in [0.25, 0.3) is 0 Å². The van der Waals surface area contributed by atoms with E-state index in [-0.39, 0.29) is 39.7 Å². The third-order valence-corrected chi connectivity index (χ3v) is 6.61. The van der Waals surface area contributed by atoms with E-state index in [1.54, 1.807) is 13.8 Å². The second kappa shape index (κ2) is 5.52. The average molecular weight is 348 g/mol. The molecule has 0 amide bonds. The van der Waals surface area contributed by atoms with E-state index in [4.69, 9.17) is 0 Å². The Morgan fingerprint density at radius 2 is 1.64 bits per heavy atom. The molecule has 3 aliphatic rings. The van der Waals surface area contributed by atoms with Gasteiger partial charge in [0.2, 0.25) is 11.6 Å². The summed E-state index contributed by atoms with van der Waals surface area (Å²) in [5, 5.41) is 32.4. The fraction of sp³-hybridized carbons (Fsp3) is 0.700. The molecular weight excluding hydrogens is 320 g/mol. The molecule has 3 rings (SSSR count). The van der Waals surface area contributed by atoms with Gasteiger partial charge < -0.3 is 15.3 Å². The lowest BCUT2D eigenvalue weighted by Crippen LogP contribution is -2.59. The maximum Gasteiger partial charge on any atom is 0.233 e. The van der Waals surface area contributed by atoms with Crippen LogP contribution in [0.25, 0.3) is 0 Å². The summed E-state index contributed by atoms with van der Waals surface area (Å²) >= 11 is 0. The summed E-state index contributed by atoms with van der Waals surface area (Å²) in [5.74, 6) is -2.33. The van der Waals surface area contributed by atoms with Crippen molar-refractivity contribution in [1.82, 2.24) is 0 Å². The molecule has 1 saturated carbocycles. The van der Waals surface area contributed by atoms with Crippen molar-refractivity contribution >= 4 is 11.6 Å². The number of aliphatic hydroxyl groups is 3. The van der Waals surface area contributed by atoms with Crippen LogP contribution >= 0.6 is 0 Å². The van der Waals surface area contributed by atoms with Gasteiger partial charge in [0.15, 0.2) is 0 Å². The Labute approximate surface area is 148 Å². The van der Waals surface area contributed by atoms with Gasteiger partial charge >= 0.3 is 0 Å². The minimum atomic E-state index is -1.36. The largest absolute Gasteiger partial charge is 0.507 e. The van der Waals surface area contributed by atoms with E-state index in [0.29, 0.717) is 6.42 Å². The Balaban J connectivity index is 2.32. The molecular formula is C20H28O5. The number of Topliss-reactive ketones (excluding diaryl/α,β-unsaturated/α-hetero) is 2. The zero-order chi connectivity index (χ0) is 18.9. The first-order chi connectivity index (χ1) is 11.4. The minimum Gasteiger partial charge on any atom is -0.507 e. The van der Waals surface area contributed by atoms with E-state index in [9.17, 15) is 24.9 Å². The fourth-order valence-corrected chi connectivity index (χ4v) is 5.68. The lowest BCUT2D eigenvalue weighted by Gasteiger charge is -2.57. The molecule has 0 aromatic rings. The Morgan fingerprint density at radius 3 is 2.20 bits per heavy atom. The van der Waals surface area contributed by atoms with Gasteiger partial charge in [-0.25, -0.2) is 0 Å². The Bertz CT molecular complexity index is 712. The SMILES string of the molecule is CC(C)C1=C(O)C2=C(C(=O)C1=O)C1(C)CCCC(C)(C)C1C(O)C2O. The molecule has 4 unspecified atom stereocenters. The van der Waals surface area contributed by atoms with Crippen molar-refractivity contribution < 1.29 is 24.9 Å². The molecule has 5 nitrogen and oxygen atoms in total. The number of hydrogen-bond acceptors (Lipinski definition) is 5. The number of carbonyl (C=O) groups excluding carboxylic acids is 2. The average Bonchev–Trinajstić information content (AvgIpc) is 2.47. The second-order valence-corrected chi connectivity index (χ2v) is 9.04. The Hall–Kier alpha value is -1.46. The highest BCUT2D eigenvalue weighted by Gasteiger charge is 2.61. The molecule has 3 N–H and O–H groups in total. The molecule has 0 aromatic heterocycles. The van der Waals surface area contributed by atoms with Crippen molar-refractivity contribution in [2.24, 2.45) is 22.7 Å². The van der Waals surface area contributed by atoms with Gasteiger partial charge in [-0.1, -0.05) is 41.0 Å². The molecule has 0 radical (unpaired) electrons. The van der Waals surface area contributed by atoms with E-state index in [0.717, 1.165) is 12.8 Å². The van der Waals surface area contributed by atoms with Crippen molar-refractivity contribution in [1.29, 1.82) is 0 Å². The first-order valence-electron chi connectivity index (χ1n) is 9.08. The molecule has 5 heteroatoms. The molecule has 4 atom stereocenters. The molecule has 0 bridgehead atoms. The number of carbonyl (C=O) groups is 2. The van der Waals surface area contributed by atoms with E-state index >= 15 is 0 Å². The number of allylic oxidation sites excluding steroid dienone is 2. The summed E-state index contributed by atoms with van der Waals surface area (Å²) in [7, 11) is 0. The van der Waals surface area contributed by atoms with Crippen LogP contribution in [0.3, 0.4) is 0 Å². The third-order valence-electron chi connectivity index (χ3n) is 6.61. The number of aliphatic hydroxyl groups excluding tert-OH is 3. The first kappa shape index (κ1) is 18.3. The zero-order valence-corrected chi connectivity index (χ0v) is 15.6. The molecule has 0 spiro atoms. The summed E-state index contributed by atoms with van der Waals surface area (Å²) in [6.07, 6.45) is -0.0666. The predicted octanol–water partition coefficient (Wildman–Crippen LogP) is 2.47. The minimum absolute atomic E-state index is 0.0344. The topological polar surface area (TPSA) is 94.8 Å². The van der Waals surface area contributed by atoms with Crippen LogP contribution in [0.1, 0.15) is 53.9 Å². The van der Waals surface area contributed by atoms with Crippen molar-refractivity contribution in [2.75, 3.05) is 0 Å². The van der Waals surface area contributed by atoms with Crippen LogP contribution in [0.5, 0.6) is 0 Å². The van der Waals surface area contributed by atoms with E-state index in [1.165, 1.54) is 0 Å². The van der Waals surface area contributed by atoms with Crippen molar-refractivity contribution in [3.63, 3.8) is 0 Å². The van der Waals surface area contributed by atoms with Crippen LogP contribution in [-0.4, -0.2) is 39.1 Å². The maximum absolute atomic E-state index is 13.0. The van der Waals surface area contributed by atoms with Gasteiger partial charge in [-0.3, -0.25) is 9.59 Å². The number of fused-ring (bicyclic) bond motifs is 2. The van der Waals surface area contributed by atoms with Crippen LogP contribution in [0.15, 0.2) is 22.5 Å². The number of hydrogen-bond donors (Lipinski definition) is 3. The van der Waals surface area contributed by atoms with Crippen molar-refractivity contribution in [2.45, 2.75) is 66.1 Å². The molecule has 0 aliphatic heterocycles. The van der Waals surface area contributed by atoms with Crippen LogP contribution in [0.2, 0.25) is 0 Å².